The average molecular weight is 221 g/mol. The van der Waals surface area contributed by atoms with Gasteiger partial charge in [-0.15, -0.1) is 0 Å². The molecule has 0 aliphatic rings. The Morgan fingerprint density at radius 3 is 2.94 bits per heavy atom. The minimum atomic E-state index is -0.955. The van der Waals surface area contributed by atoms with Crippen molar-refractivity contribution in [2.75, 3.05) is 13.6 Å². The molecule has 0 bridgehead atoms. The zero-order valence-corrected chi connectivity index (χ0v) is 8.88. The molecule has 0 radical (unpaired) electrons. The second kappa shape index (κ2) is 5.89. The molecule has 0 spiro atoms. The molecule has 4 heteroatoms. The van der Waals surface area contributed by atoms with Crippen LogP contribution in [0.5, 0.6) is 0 Å². The maximum atomic E-state index is 13.0. The van der Waals surface area contributed by atoms with Crippen molar-refractivity contribution in [2.24, 2.45) is 0 Å². The molecule has 0 unspecified atom stereocenters. The lowest BCUT2D eigenvalue weighted by Gasteiger charge is -2.01. The maximum Gasteiger partial charge on any atom is 0.307 e. The first-order valence-electron chi connectivity index (χ1n) is 4.77. The van der Waals surface area contributed by atoms with Gasteiger partial charge >= 0.3 is 5.97 Å². The fourth-order valence-corrected chi connectivity index (χ4v) is 1.21. The van der Waals surface area contributed by atoms with Gasteiger partial charge in [0.05, 0.1) is 13.0 Å². The Labute approximate surface area is 93.3 Å². The summed E-state index contributed by atoms with van der Waals surface area (Å²) in [6.07, 6.45) is -0.149. The van der Waals surface area contributed by atoms with Crippen molar-refractivity contribution in [1.29, 1.82) is 0 Å². The Morgan fingerprint density at radius 1 is 1.56 bits per heavy atom. The number of carbonyl (C=O) groups is 1. The highest BCUT2D eigenvalue weighted by Crippen LogP contribution is 2.11. The molecule has 0 saturated carbocycles. The van der Waals surface area contributed by atoms with Crippen molar-refractivity contribution >= 4 is 5.97 Å². The van der Waals surface area contributed by atoms with Gasteiger partial charge in [-0.2, -0.15) is 0 Å². The number of rotatable bonds is 3. The minimum Gasteiger partial charge on any atom is -0.481 e. The third-order valence-electron chi connectivity index (χ3n) is 1.90. The van der Waals surface area contributed by atoms with E-state index in [0.717, 1.165) is 0 Å². The lowest BCUT2D eigenvalue weighted by atomic mass is 10.0. The quantitative estimate of drug-likeness (QED) is 0.749. The SMILES string of the molecule is CNCC#Cc1cc(F)ccc1CC(=O)O. The molecular formula is C12H12FNO2. The number of nitrogens with one attached hydrogen (secondary N) is 1. The van der Waals surface area contributed by atoms with Crippen LogP contribution in [-0.4, -0.2) is 24.7 Å². The van der Waals surface area contributed by atoms with E-state index in [0.29, 0.717) is 17.7 Å². The summed E-state index contributed by atoms with van der Waals surface area (Å²) in [6, 6.07) is 3.94. The number of hydrogen-bond acceptors (Lipinski definition) is 2. The second-order valence-corrected chi connectivity index (χ2v) is 3.20. The highest BCUT2D eigenvalue weighted by molar-refractivity contribution is 5.71. The van der Waals surface area contributed by atoms with Crippen molar-refractivity contribution in [3.8, 4) is 11.8 Å². The predicted molar refractivity (Wildman–Crippen MR) is 58.5 cm³/mol. The van der Waals surface area contributed by atoms with Gasteiger partial charge in [0.25, 0.3) is 0 Å². The van der Waals surface area contributed by atoms with E-state index in [4.69, 9.17) is 5.11 Å². The number of aliphatic carboxylic acids is 1. The molecule has 3 nitrogen and oxygen atoms in total. The van der Waals surface area contributed by atoms with E-state index in [1.165, 1.54) is 18.2 Å². The van der Waals surface area contributed by atoms with Gasteiger partial charge in [-0.3, -0.25) is 4.79 Å². The van der Waals surface area contributed by atoms with Crippen molar-refractivity contribution in [1.82, 2.24) is 5.32 Å². The smallest absolute Gasteiger partial charge is 0.307 e. The average Bonchev–Trinajstić information content (AvgIpc) is 2.22. The Bertz CT molecular complexity index is 446. The molecular weight excluding hydrogens is 209 g/mol. The zero-order chi connectivity index (χ0) is 12.0. The van der Waals surface area contributed by atoms with Crippen LogP contribution >= 0.6 is 0 Å². The number of halogens is 1. The van der Waals surface area contributed by atoms with Crippen molar-refractivity contribution in [3.05, 3.63) is 35.1 Å². The van der Waals surface area contributed by atoms with E-state index >= 15 is 0 Å². The molecule has 0 saturated heterocycles. The van der Waals surface area contributed by atoms with Gasteiger partial charge in [-0.05, 0) is 24.7 Å². The number of benzene rings is 1. The standard InChI is InChI=1S/C12H12FNO2/c1-14-6-2-3-9-7-11(13)5-4-10(9)8-12(15)16/h4-5,7,14H,6,8H2,1H3,(H,15,16). The van der Waals surface area contributed by atoms with Gasteiger partial charge in [0.15, 0.2) is 0 Å². The first-order valence-corrected chi connectivity index (χ1v) is 4.77. The van der Waals surface area contributed by atoms with Gasteiger partial charge in [0, 0.05) is 5.56 Å². The molecule has 0 aliphatic carbocycles. The van der Waals surface area contributed by atoms with Crippen LogP contribution in [0.4, 0.5) is 4.39 Å². The fraction of sp³-hybridized carbons (Fsp3) is 0.250. The molecule has 0 fully saturated rings. The molecule has 2 N–H and O–H groups in total. The van der Waals surface area contributed by atoms with Crippen molar-refractivity contribution in [3.63, 3.8) is 0 Å². The summed E-state index contributed by atoms with van der Waals surface area (Å²) in [5.41, 5.74) is 0.954. The topological polar surface area (TPSA) is 49.3 Å². The predicted octanol–water partition coefficient (Wildman–Crippen LogP) is 1.02. The summed E-state index contributed by atoms with van der Waals surface area (Å²) in [4.78, 5) is 10.6. The van der Waals surface area contributed by atoms with Crippen LogP contribution in [-0.2, 0) is 11.2 Å². The van der Waals surface area contributed by atoms with Crippen LogP contribution in [0.1, 0.15) is 11.1 Å². The van der Waals surface area contributed by atoms with Crippen LogP contribution in [0.3, 0.4) is 0 Å². The van der Waals surface area contributed by atoms with Crippen LogP contribution in [0, 0.1) is 17.7 Å². The third-order valence-corrected chi connectivity index (χ3v) is 1.90. The summed E-state index contributed by atoms with van der Waals surface area (Å²) >= 11 is 0. The van der Waals surface area contributed by atoms with Crippen LogP contribution < -0.4 is 5.32 Å². The van der Waals surface area contributed by atoms with Crippen LogP contribution in [0.15, 0.2) is 18.2 Å². The second-order valence-electron chi connectivity index (χ2n) is 3.20. The molecule has 1 aromatic carbocycles. The Kier molecular flexibility index (Phi) is 4.49. The Hall–Kier alpha value is -1.86. The molecule has 84 valence electrons. The van der Waals surface area contributed by atoms with E-state index in [-0.39, 0.29) is 6.42 Å². The van der Waals surface area contributed by atoms with Gasteiger partial charge in [0.2, 0.25) is 0 Å². The van der Waals surface area contributed by atoms with Crippen molar-refractivity contribution < 1.29 is 14.3 Å². The maximum absolute atomic E-state index is 13.0. The lowest BCUT2D eigenvalue weighted by Crippen LogP contribution is -2.05. The number of hydrogen-bond donors (Lipinski definition) is 2. The number of carboxylic acids is 1. The van der Waals surface area contributed by atoms with E-state index < -0.39 is 11.8 Å². The minimum absolute atomic E-state index is 0.149. The summed E-state index contributed by atoms with van der Waals surface area (Å²) in [7, 11) is 1.75. The molecule has 0 aliphatic heterocycles. The molecule has 16 heavy (non-hydrogen) atoms. The van der Waals surface area contributed by atoms with Gasteiger partial charge in [0.1, 0.15) is 5.82 Å². The van der Waals surface area contributed by atoms with E-state index in [9.17, 15) is 9.18 Å². The van der Waals surface area contributed by atoms with E-state index in [1.807, 2.05) is 0 Å². The molecule has 0 heterocycles. The molecule has 1 rings (SSSR count). The lowest BCUT2D eigenvalue weighted by molar-refractivity contribution is -0.136. The number of carboxylic acid groups (broad SMARTS) is 1. The molecule has 0 atom stereocenters. The van der Waals surface area contributed by atoms with E-state index in [2.05, 4.69) is 17.2 Å². The molecule has 0 aromatic heterocycles. The van der Waals surface area contributed by atoms with Crippen LogP contribution in [0.2, 0.25) is 0 Å². The molecule has 0 amide bonds. The summed E-state index contributed by atoms with van der Waals surface area (Å²) in [5.74, 6) is 4.15. The fourth-order valence-electron chi connectivity index (χ4n) is 1.21. The third kappa shape index (κ3) is 3.71. The zero-order valence-electron chi connectivity index (χ0n) is 8.88. The van der Waals surface area contributed by atoms with E-state index in [1.54, 1.807) is 7.05 Å². The first kappa shape index (κ1) is 12.2. The van der Waals surface area contributed by atoms with Crippen molar-refractivity contribution in [2.45, 2.75) is 6.42 Å². The highest BCUT2D eigenvalue weighted by Gasteiger charge is 2.06. The largest absolute Gasteiger partial charge is 0.481 e. The van der Waals surface area contributed by atoms with Gasteiger partial charge in [-0.25, -0.2) is 4.39 Å². The molecule has 1 aromatic rings. The van der Waals surface area contributed by atoms with Crippen LogP contribution in [0.25, 0.3) is 0 Å². The summed E-state index contributed by atoms with van der Waals surface area (Å²) < 4.78 is 13.0. The first-order chi connectivity index (χ1) is 7.63. The Balaban J connectivity index is 2.99. The highest BCUT2D eigenvalue weighted by atomic mass is 19.1. The monoisotopic (exact) mass is 221 g/mol. The van der Waals surface area contributed by atoms with Gasteiger partial charge < -0.3 is 10.4 Å². The van der Waals surface area contributed by atoms with Gasteiger partial charge in [-0.1, -0.05) is 17.9 Å². The Morgan fingerprint density at radius 2 is 2.31 bits per heavy atom. The summed E-state index contributed by atoms with van der Waals surface area (Å²) in [6.45, 7) is 0.475. The summed E-state index contributed by atoms with van der Waals surface area (Å²) in [5, 5.41) is 11.5. The normalized spacial score (nSPS) is 9.38.